The second kappa shape index (κ2) is 13.6. The van der Waals surface area contributed by atoms with E-state index in [-0.39, 0.29) is 18.2 Å². The fourth-order valence-corrected chi connectivity index (χ4v) is 5.50. The van der Waals surface area contributed by atoms with Crippen LogP contribution in [-0.2, 0) is 15.3 Å². The number of nitrogens with two attached hydrogens (primary N) is 1. The molecule has 0 aliphatic carbocycles. The molecule has 2 aromatic carbocycles. The van der Waals surface area contributed by atoms with Crippen LogP contribution in [0.5, 0.6) is 11.5 Å². The second-order valence-electron chi connectivity index (χ2n) is 9.52. The summed E-state index contributed by atoms with van der Waals surface area (Å²) in [5.74, 6) is 0.0875. The van der Waals surface area contributed by atoms with Crippen molar-refractivity contribution in [3.05, 3.63) is 89.3 Å². The summed E-state index contributed by atoms with van der Waals surface area (Å²) in [5.41, 5.74) is 6.81. The lowest BCUT2D eigenvalue weighted by atomic mass is 9.93. The van der Waals surface area contributed by atoms with Crippen molar-refractivity contribution in [1.29, 1.82) is 0 Å². The minimum Gasteiger partial charge on any atom is -0.496 e. The third-order valence-corrected chi connectivity index (χ3v) is 7.53. The zero-order chi connectivity index (χ0) is 31.1. The average molecular weight is 600 g/mol. The monoisotopic (exact) mass is 599 g/mol. The minimum atomic E-state index is -1.82. The second-order valence-corrected chi connectivity index (χ2v) is 10.3. The van der Waals surface area contributed by atoms with Crippen molar-refractivity contribution in [2.45, 2.75) is 24.5 Å². The Morgan fingerprint density at radius 3 is 2.49 bits per heavy atom. The number of aryl methyl sites for hydroxylation is 1. The summed E-state index contributed by atoms with van der Waals surface area (Å²) in [6.07, 6.45) is 6.39. The molecule has 0 aliphatic rings. The van der Waals surface area contributed by atoms with Crippen molar-refractivity contribution < 1.29 is 23.9 Å². The quantitative estimate of drug-likeness (QED) is 0.0921. The third-order valence-electron chi connectivity index (χ3n) is 6.69. The summed E-state index contributed by atoms with van der Waals surface area (Å²) in [4.78, 5) is 47.9. The molecule has 0 saturated heterocycles. The number of nitrogens with one attached hydrogen (secondary N) is 2. The van der Waals surface area contributed by atoms with Gasteiger partial charge in [-0.15, -0.1) is 11.8 Å². The molecule has 0 radical (unpaired) electrons. The highest BCUT2D eigenvalue weighted by Crippen LogP contribution is 2.42. The molecule has 0 spiro atoms. The Bertz CT molecular complexity index is 1710. The van der Waals surface area contributed by atoms with E-state index in [2.05, 4.69) is 20.6 Å². The Hall–Kier alpha value is -4.58. The zero-order valence-electron chi connectivity index (χ0n) is 24.6. The number of hydrogen-bond acceptors (Lipinski definition) is 10. The first-order valence-electron chi connectivity index (χ1n) is 13.4. The number of rotatable bonds is 12. The van der Waals surface area contributed by atoms with Gasteiger partial charge in [0.15, 0.2) is 5.78 Å². The van der Waals surface area contributed by atoms with Gasteiger partial charge in [-0.3, -0.25) is 19.7 Å². The van der Waals surface area contributed by atoms with Crippen molar-refractivity contribution >= 4 is 52.0 Å². The Morgan fingerprint density at radius 2 is 1.86 bits per heavy atom. The standard InChI is InChI=1S/C32H33N5O5S/c1-19-9-12-22-7-6-8-26(30(22)36-19)42-32(34-3,27(40)17-33)29-25(41-4)15-13-23(31(29)43-5)24(39)14-10-21-11-16-28(35-18-21)37-20(2)38/h6-16,18,34H,17,33H2,1-5H3,(H,35,37,38). The van der Waals surface area contributed by atoms with E-state index in [4.69, 9.17) is 15.2 Å². The van der Waals surface area contributed by atoms with Crippen molar-refractivity contribution in [3.8, 4) is 11.5 Å². The minimum absolute atomic E-state index is 0.229. The van der Waals surface area contributed by atoms with Crippen LogP contribution in [0.15, 0.2) is 71.8 Å². The summed E-state index contributed by atoms with van der Waals surface area (Å²) < 4.78 is 12.3. The molecule has 222 valence electrons. The molecule has 4 rings (SSSR count). The number of ketones is 2. The number of methoxy groups -OCH3 is 1. The summed E-state index contributed by atoms with van der Waals surface area (Å²) >= 11 is 1.28. The number of ether oxygens (including phenoxy) is 2. The van der Waals surface area contributed by atoms with E-state index < -0.39 is 11.5 Å². The number of carbonyl (C=O) groups excluding carboxylic acids is 3. The number of benzene rings is 2. The van der Waals surface area contributed by atoms with Crippen LogP contribution in [0.25, 0.3) is 17.0 Å². The molecule has 0 bridgehead atoms. The molecule has 1 unspecified atom stereocenters. The lowest BCUT2D eigenvalue weighted by molar-refractivity contribution is -0.137. The van der Waals surface area contributed by atoms with Crippen LogP contribution in [0, 0.1) is 6.92 Å². The number of pyridine rings is 2. The van der Waals surface area contributed by atoms with Gasteiger partial charge in [0.25, 0.3) is 5.72 Å². The molecule has 0 fully saturated rings. The molecule has 1 amide bonds. The summed E-state index contributed by atoms with van der Waals surface area (Å²) in [6, 6.07) is 15.9. The first-order chi connectivity index (χ1) is 20.7. The number of hydrogen-bond donors (Lipinski definition) is 3. The molecule has 43 heavy (non-hydrogen) atoms. The van der Waals surface area contributed by atoms with Gasteiger partial charge in [0, 0.05) is 34.7 Å². The smallest absolute Gasteiger partial charge is 0.252 e. The molecule has 2 aromatic heterocycles. The maximum Gasteiger partial charge on any atom is 0.252 e. The van der Waals surface area contributed by atoms with Gasteiger partial charge >= 0.3 is 0 Å². The molecule has 10 nitrogen and oxygen atoms in total. The Morgan fingerprint density at radius 1 is 1.07 bits per heavy atom. The Labute approximate surface area is 254 Å². The number of Topliss-reactive ketones (excluding diaryl/α,β-unsaturated/α-hetero) is 1. The van der Waals surface area contributed by atoms with Gasteiger partial charge in [-0.25, -0.2) is 9.97 Å². The number of fused-ring (bicyclic) bond motifs is 1. The van der Waals surface area contributed by atoms with Gasteiger partial charge in [-0.1, -0.05) is 18.2 Å². The first-order valence-corrected chi connectivity index (χ1v) is 14.6. The molecule has 4 aromatic rings. The van der Waals surface area contributed by atoms with E-state index in [0.717, 1.165) is 11.1 Å². The van der Waals surface area contributed by atoms with Crippen LogP contribution in [-0.4, -0.2) is 54.4 Å². The number of thioether (sulfide) groups is 1. The number of likely N-dealkylation sites (N-methyl/N-ethyl adjacent to an activating group) is 1. The van der Waals surface area contributed by atoms with Gasteiger partial charge < -0.3 is 20.5 Å². The number of anilines is 1. The van der Waals surface area contributed by atoms with Gasteiger partial charge in [-0.05, 0) is 74.3 Å². The average Bonchev–Trinajstić information content (AvgIpc) is 3.02. The lowest BCUT2D eigenvalue weighted by Crippen LogP contribution is -2.55. The van der Waals surface area contributed by atoms with E-state index in [9.17, 15) is 14.4 Å². The summed E-state index contributed by atoms with van der Waals surface area (Å²) in [5, 5.41) is 6.50. The van der Waals surface area contributed by atoms with Crippen LogP contribution >= 0.6 is 11.8 Å². The van der Waals surface area contributed by atoms with E-state index in [1.807, 2.05) is 31.2 Å². The van der Waals surface area contributed by atoms with Crippen LogP contribution in [0.3, 0.4) is 0 Å². The fourth-order valence-electron chi connectivity index (χ4n) is 4.67. The lowest BCUT2D eigenvalue weighted by Gasteiger charge is -2.35. The van der Waals surface area contributed by atoms with Gasteiger partial charge in [-0.2, -0.15) is 0 Å². The van der Waals surface area contributed by atoms with Crippen molar-refractivity contribution in [2.24, 2.45) is 5.73 Å². The molecular weight excluding hydrogens is 566 g/mol. The summed E-state index contributed by atoms with van der Waals surface area (Å²) in [7, 11) is 3.07. The Kier molecular flexibility index (Phi) is 9.92. The number of amides is 1. The molecule has 4 N–H and O–H groups in total. The van der Waals surface area contributed by atoms with Gasteiger partial charge in [0.05, 0.1) is 19.2 Å². The highest BCUT2D eigenvalue weighted by Gasteiger charge is 2.46. The van der Waals surface area contributed by atoms with Crippen LogP contribution < -0.4 is 25.8 Å². The molecule has 2 heterocycles. The van der Waals surface area contributed by atoms with Crippen molar-refractivity contribution in [3.63, 3.8) is 0 Å². The number of allylic oxidation sites excluding steroid dienone is 1. The van der Waals surface area contributed by atoms with Crippen molar-refractivity contribution in [1.82, 2.24) is 15.3 Å². The molecule has 1 atom stereocenters. The zero-order valence-corrected chi connectivity index (χ0v) is 25.4. The van der Waals surface area contributed by atoms with E-state index in [1.54, 1.807) is 55.9 Å². The summed E-state index contributed by atoms with van der Waals surface area (Å²) in [6.45, 7) is 2.92. The third kappa shape index (κ3) is 6.59. The molecule has 0 aliphatic heterocycles. The number of aromatic nitrogens is 2. The Balaban J connectivity index is 1.84. The normalized spacial score (nSPS) is 12.6. The van der Waals surface area contributed by atoms with Gasteiger partial charge in [0.2, 0.25) is 11.7 Å². The fraction of sp³-hybridized carbons (Fsp3) is 0.219. The van der Waals surface area contributed by atoms with E-state index >= 15 is 0 Å². The van der Waals surface area contributed by atoms with E-state index in [0.29, 0.717) is 44.4 Å². The topological polar surface area (TPSA) is 146 Å². The van der Waals surface area contributed by atoms with Gasteiger partial charge in [0.1, 0.15) is 22.8 Å². The molecule has 0 saturated carbocycles. The number of carbonyl (C=O) groups is 3. The predicted molar refractivity (Wildman–Crippen MR) is 169 cm³/mol. The van der Waals surface area contributed by atoms with Crippen LogP contribution in [0.1, 0.15) is 34.1 Å². The molecule has 11 heteroatoms. The highest BCUT2D eigenvalue weighted by atomic mass is 32.2. The largest absolute Gasteiger partial charge is 0.496 e. The van der Waals surface area contributed by atoms with Crippen LogP contribution in [0.2, 0.25) is 0 Å². The first kappa shape index (κ1) is 31.4. The maximum atomic E-state index is 13.8. The van der Waals surface area contributed by atoms with Crippen molar-refractivity contribution in [2.75, 3.05) is 32.3 Å². The number of para-hydroxylation sites is 1. The predicted octanol–water partition coefficient (Wildman–Crippen LogP) is 4.50. The molecular formula is C32H33N5O5S. The SMILES string of the molecule is CNC(Oc1cccc2ccc(C)nc12)(C(=O)CN)c1c(OC)ccc(C(=O)C=Cc2ccc(NC(C)=O)nc2)c1SC. The highest BCUT2D eigenvalue weighted by molar-refractivity contribution is 7.98. The van der Waals surface area contributed by atoms with E-state index in [1.165, 1.54) is 31.9 Å². The number of nitrogens with zero attached hydrogens (tertiary/aromatic N) is 2. The maximum absolute atomic E-state index is 13.8. The van der Waals surface area contributed by atoms with Crippen LogP contribution in [0.4, 0.5) is 5.82 Å².